The molecule has 3 nitrogen and oxygen atoms in total. The number of aliphatic hydroxyl groups is 1. The molecule has 0 aromatic carbocycles. The van der Waals surface area contributed by atoms with Crippen LogP contribution >= 0.6 is 0 Å². The molecule has 1 unspecified atom stereocenters. The molecule has 0 fully saturated rings. The van der Waals surface area contributed by atoms with E-state index in [9.17, 15) is 9.90 Å². The first-order chi connectivity index (χ1) is 14.7. The van der Waals surface area contributed by atoms with Crippen LogP contribution in [0, 0.1) is 0 Å². The maximum atomic E-state index is 10.4. The van der Waals surface area contributed by atoms with E-state index in [4.69, 9.17) is 5.11 Å². The van der Waals surface area contributed by atoms with Gasteiger partial charge in [0.15, 0.2) is 0 Å². The van der Waals surface area contributed by atoms with Gasteiger partial charge in [0.25, 0.3) is 0 Å². The third-order valence-corrected chi connectivity index (χ3v) is 6.32. The molecule has 0 aliphatic carbocycles. The van der Waals surface area contributed by atoms with Crippen molar-refractivity contribution in [3.05, 3.63) is 0 Å². The average molecular weight is 427 g/mol. The van der Waals surface area contributed by atoms with Gasteiger partial charge in [0.2, 0.25) is 0 Å². The summed E-state index contributed by atoms with van der Waals surface area (Å²) in [5, 5.41) is 18.7. The van der Waals surface area contributed by atoms with Crippen molar-refractivity contribution in [3.8, 4) is 0 Å². The summed E-state index contributed by atoms with van der Waals surface area (Å²) >= 11 is 0. The van der Waals surface area contributed by atoms with E-state index in [1.54, 1.807) is 0 Å². The Morgan fingerprint density at radius 1 is 0.533 bits per heavy atom. The topological polar surface area (TPSA) is 57.5 Å². The smallest absolute Gasteiger partial charge is 0.303 e. The van der Waals surface area contributed by atoms with Gasteiger partial charge < -0.3 is 10.2 Å². The lowest BCUT2D eigenvalue weighted by Crippen LogP contribution is -2.05. The summed E-state index contributed by atoms with van der Waals surface area (Å²) in [7, 11) is 0. The number of carboxylic acid groups (broad SMARTS) is 1. The molecule has 0 radical (unpaired) electrons. The van der Waals surface area contributed by atoms with Crippen LogP contribution in [0.15, 0.2) is 0 Å². The number of rotatable bonds is 25. The summed E-state index contributed by atoms with van der Waals surface area (Å²) in [6.07, 6.45) is 29.2. The van der Waals surface area contributed by atoms with Crippen molar-refractivity contribution in [1.29, 1.82) is 0 Å². The number of carbonyl (C=O) groups is 1. The van der Waals surface area contributed by atoms with Crippen molar-refractivity contribution in [2.75, 3.05) is 0 Å². The molecule has 0 saturated carbocycles. The third-order valence-electron chi connectivity index (χ3n) is 6.32. The molecule has 0 heterocycles. The van der Waals surface area contributed by atoms with E-state index >= 15 is 0 Å². The molecular weight excluding hydrogens is 372 g/mol. The SMILES string of the molecule is CCCCCCCCCCCCCC(O)CCCCCCCCCCCCC(=O)O. The molecular formula is C27H54O3. The number of hydrogen-bond acceptors (Lipinski definition) is 2. The van der Waals surface area contributed by atoms with Crippen molar-refractivity contribution < 1.29 is 15.0 Å². The van der Waals surface area contributed by atoms with Crippen molar-refractivity contribution >= 4 is 5.97 Å². The van der Waals surface area contributed by atoms with Gasteiger partial charge in [0.05, 0.1) is 6.10 Å². The second-order valence-corrected chi connectivity index (χ2v) is 9.45. The van der Waals surface area contributed by atoms with E-state index in [2.05, 4.69) is 6.92 Å². The van der Waals surface area contributed by atoms with Crippen LogP contribution in [-0.4, -0.2) is 22.3 Å². The number of carboxylic acids is 1. The highest BCUT2D eigenvalue weighted by atomic mass is 16.4. The van der Waals surface area contributed by atoms with Gasteiger partial charge in [0.1, 0.15) is 0 Å². The van der Waals surface area contributed by atoms with Crippen molar-refractivity contribution in [2.45, 2.75) is 167 Å². The lowest BCUT2D eigenvalue weighted by molar-refractivity contribution is -0.137. The van der Waals surface area contributed by atoms with Gasteiger partial charge in [-0.2, -0.15) is 0 Å². The number of unbranched alkanes of at least 4 members (excludes halogenated alkanes) is 19. The molecule has 0 aromatic heterocycles. The Morgan fingerprint density at radius 3 is 1.17 bits per heavy atom. The van der Waals surface area contributed by atoms with Crippen LogP contribution in [0.1, 0.15) is 161 Å². The Bertz CT molecular complexity index is 343. The summed E-state index contributed by atoms with van der Waals surface area (Å²) < 4.78 is 0. The molecule has 0 aromatic rings. The first-order valence-electron chi connectivity index (χ1n) is 13.6. The zero-order valence-electron chi connectivity index (χ0n) is 20.4. The van der Waals surface area contributed by atoms with Gasteiger partial charge in [-0.3, -0.25) is 4.79 Å². The van der Waals surface area contributed by atoms with Crippen LogP contribution < -0.4 is 0 Å². The van der Waals surface area contributed by atoms with Crippen molar-refractivity contribution in [2.24, 2.45) is 0 Å². The van der Waals surface area contributed by atoms with Gasteiger partial charge in [-0.1, -0.05) is 135 Å². The van der Waals surface area contributed by atoms with Gasteiger partial charge in [0, 0.05) is 6.42 Å². The second-order valence-electron chi connectivity index (χ2n) is 9.45. The van der Waals surface area contributed by atoms with Crippen molar-refractivity contribution in [1.82, 2.24) is 0 Å². The van der Waals surface area contributed by atoms with Gasteiger partial charge in [-0.05, 0) is 19.3 Å². The predicted octanol–water partition coefficient (Wildman–Crippen LogP) is 8.81. The van der Waals surface area contributed by atoms with Crippen LogP contribution in [-0.2, 0) is 4.79 Å². The van der Waals surface area contributed by atoms with Gasteiger partial charge >= 0.3 is 5.97 Å². The van der Waals surface area contributed by atoms with Crippen LogP contribution in [0.25, 0.3) is 0 Å². The fourth-order valence-corrected chi connectivity index (χ4v) is 4.26. The van der Waals surface area contributed by atoms with Gasteiger partial charge in [-0.15, -0.1) is 0 Å². The molecule has 3 heteroatoms. The first-order valence-corrected chi connectivity index (χ1v) is 13.6. The highest BCUT2D eigenvalue weighted by Crippen LogP contribution is 2.16. The van der Waals surface area contributed by atoms with Gasteiger partial charge in [-0.25, -0.2) is 0 Å². The Hall–Kier alpha value is -0.570. The monoisotopic (exact) mass is 426 g/mol. The molecule has 30 heavy (non-hydrogen) atoms. The standard InChI is InChI=1S/C27H54O3/c1-2-3-4-5-6-7-8-11-14-17-20-23-26(28)24-21-18-15-12-9-10-13-16-19-22-25-27(29)30/h26,28H,2-25H2,1H3,(H,29,30). The number of hydrogen-bond donors (Lipinski definition) is 2. The Labute approximate surface area is 188 Å². The number of aliphatic hydroxyl groups excluding tert-OH is 1. The Kier molecular flexibility index (Phi) is 24.2. The van der Waals surface area contributed by atoms with Crippen LogP contribution in [0.5, 0.6) is 0 Å². The highest BCUT2D eigenvalue weighted by Gasteiger charge is 2.04. The molecule has 0 aliphatic rings. The first kappa shape index (κ1) is 29.4. The summed E-state index contributed by atoms with van der Waals surface area (Å²) in [6.45, 7) is 2.28. The average Bonchev–Trinajstić information content (AvgIpc) is 2.72. The molecule has 180 valence electrons. The zero-order chi connectivity index (χ0) is 22.1. The zero-order valence-corrected chi connectivity index (χ0v) is 20.4. The second kappa shape index (κ2) is 24.7. The van der Waals surface area contributed by atoms with Crippen LogP contribution in [0.2, 0.25) is 0 Å². The van der Waals surface area contributed by atoms with E-state index in [0.29, 0.717) is 6.42 Å². The molecule has 0 bridgehead atoms. The lowest BCUT2D eigenvalue weighted by Gasteiger charge is -2.10. The predicted molar refractivity (Wildman–Crippen MR) is 130 cm³/mol. The summed E-state index contributed by atoms with van der Waals surface area (Å²) in [6, 6.07) is 0. The Morgan fingerprint density at radius 2 is 0.833 bits per heavy atom. The highest BCUT2D eigenvalue weighted by molar-refractivity contribution is 5.66. The van der Waals surface area contributed by atoms with E-state index in [-0.39, 0.29) is 6.10 Å². The summed E-state index contributed by atoms with van der Waals surface area (Å²) in [4.78, 5) is 10.4. The fraction of sp³-hybridized carbons (Fsp3) is 0.963. The maximum Gasteiger partial charge on any atom is 0.303 e. The third kappa shape index (κ3) is 25.5. The molecule has 2 N–H and O–H groups in total. The summed E-state index contributed by atoms with van der Waals surface area (Å²) in [5.74, 6) is -0.668. The lowest BCUT2D eigenvalue weighted by atomic mass is 10.0. The Balaban J connectivity index is 3.15. The molecule has 0 rings (SSSR count). The minimum atomic E-state index is -0.668. The normalized spacial score (nSPS) is 12.3. The largest absolute Gasteiger partial charge is 0.481 e. The molecule has 1 atom stereocenters. The minimum Gasteiger partial charge on any atom is -0.481 e. The summed E-state index contributed by atoms with van der Waals surface area (Å²) in [5.41, 5.74) is 0. The molecule has 0 amide bonds. The minimum absolute atomic E-state index is 0.0747. The number of aliphatic carboxylic acids is 1. The van der Waals surface area contributed by atoms with E-state index in [1.165, 1.54) is 122 Å². The fourth-order valence-electron chi connectivity index (χ4n) is 4.26. The molecule has 0 aliphatic heterocycles. The molecule has 0 saturated heterocycles. The maximum absolute atomic E-state index is 10.4. The van der Waals surface area contributed by atoms with E-state index in [1.807, 2.05) is 0 Å². The van der Waals surface area contributed by atoms with Crippen LogP contribution in [0.4, 0.5) is 0 Å². The van der Waals surface area contributed by atoms with Crippen LogP contribution in [0.3, 0.4) is 0 Å². The van der Waals surface area contributed by atoms with Crippen molar-refractivity contribution in [3.63, 3.8) is 0 Å². The van der Waals surface area contributed by atoms with E-state index in [0.717, 1.165) is 25.7 Å². The van der Waals surface area contributed by atoms with E-state index < -0.39 is 5.97 Å². The quantitative estimate of drug-likeness (QED) is 0.143. The molecule has 0 spiro atoms.